The number of hydrogen-bond donors (Lipinski definition) is 2. The molecular weight excluding hydrogens is 344 g/mol. The number of ether oxygens (including phenoxy) is 2. The van der Waals surface area contributed by atoms with Gasteiger partial charge in [-0.2, -0.15) is 0 Å². The molecule has 0 aliphatic carbocycles. The third kappa shape index (κ3) is 4.76. The Bertz CT molecular complexity index is 692. The zero-order chi connectivity index (χ0) is 17.5. The van der Waals surface area contributed by atoms with Crippen molar-refractivity contribution in [2.24, 2.45) is 0 Å². The molecule has 0 saturated carbocycles. The third-order valence-corrected chi connectivity index (χ3v) is 4.10. The molecule has 0 fully saturated rings. The molecule has 0 bridgehead atoms. The van der Waals surface area contributed by atoms with Gasteiger partial charge in [0.15, 0.2) is 16.6 Å². The van der Waals surface area contributed by atoms with Crippen molar-refractivity contribution >= 4 is 34.6 Å². The minimum absolute atomic E-state index is 0.0668. The number of anilines is 1. The summed E-state index contributed by atoms with van der Waals surface area (Å²) in [6.45, 7) is 2.10. The predicted molar refractivity (Wildman–Crippen MR) is 103 cm³/mol. The second-order valence-electron chi connectivity index (χ2n) is 5.18. The maximum Gasteiger partial charge on any atom is 0.171 e. The summed E-state index contributed by atoms with van der Waals surface area (Å²) in [5, 5.41) is 7.73. The lowest BCUT2D eigenvalue weighted by Crippen LogP contribution is -2.32. The number of rotatable bonds is 6. The van der Waals surface area contributed by atoms with Crippen LogP contribution < -0.4 is 20.1 Å². The molecule has 0 aliphatic rings. The fraction of sp³-hybridized carbons (Fsp3) is 0.278. The highest BCUT2D eigenvalue weighted by molar-refractivity contribution is 7.80. The molecule has 0 aromatic heterocycles. The van der Waals surface area contributed by atoms with E-state index in [1.807, 2.05) is 42.5 Å². The topological polar surface area (TPSA) is 42.5 Å². The Morgan fingerprint density at radius 1 is 1.08 bits per heavy atom. The average molecular weight is 365 g/mol. The van der Waals surface area contributed by atoms with Gasteiger partial charge in [0.2, 0.25) is 0 Å². The lowest BCUT2D eigenvalue weighted by molar-refractivity contribution is 0.354. The van der Waals surface area contributed by atoms with E-state index in [2.05, 4.69) is 17.6 Å². The van der Waals surface area contributed by atoms with Crippen LogP contribution in [0.4, 0.5) is 5.69 Å². The van der Waals surface area contributed by atoms with Crippen molar-refractivity contribution in [3.05, 3.63) is 53.1 Å². The fourth-order valence-corrected chi connectivity index (χ4v) is 2.74. The molecule has 0 radical (unpaired) electrons. The van der Waals surface area contributed by atoms with Gasteiger partial charge in [-0.25, -0.2) is 0 Å². The first kappa shape index (κ1) is 18.4. The van der Waals surface area contributed by atoms with Crippen LogP contribution in [0, 0.1) is 0 Å². The van der Waals surface area contributed by atoms with Gasteiger partial charge in [0.25, 0.3) is 0 Å². The lowest BCUT2D eigenvalue weighted by Gasteiger charge is -2.21. The first-order valence-corrected chi connectivity index (χ1v) is 8.41. The van der Waals surface area contributed by atoms with Crippen LogP contribution in [0.15, 0.2) is 42.5 Å². The lowest BCUT2D eigenvalue weighted by atomic mass is 10.0. The summed E-state index contributed by atoms with van der Waals surface area (Å²) in [4.78, 5) is 0. The molecule has 2 N–H and O–H groups in total. The van der Waals surface area contributed by atoms with E-state index in [-0.39, 0.29) is 6.04 Å². The van der Waals surface area contributed by atoms with Crippen molar-refractivity contribution in [1.82, 2.24) is 5.32 Å². The number of benzene rings is 2. The van der Waals surface area contributed by atoms with E-state index in [4.69, 9.17) is 33.3 Å². The Morgan fingerprint density at radius 2 is 1.75 bits per heavy atom. The Hall–Kier alpha value is -1.98. The molecule has 24 heavy (non-hydrogen) atoms. The first-order chi connectivity index (χ1) is 11.6. The Balaban J connectivity index is 2.08. The SMILES string of the molecule is CC[C@@H](NC(=S)Nc1ccc(Cl)cc1)c1ccc(OC)c(OC)c1. The van der Waals surface area contributed by atoms with Crippen LogP contribution in [0.5, 0.6) is 11.5 Å². The standard InChI is InChI=1S/C18H21ClN2O2S/c1-4-15(12-5-10-16(22-2)17(11-12)23-3)21-18(24)20-14-8-6-13(19)7-9-14/h5-11,15H,4H2,1-3H3,(H2,20,21,24)/t15-/m1/s1. The van der Waals surface area contributed by atoms with Gasteiger partial charge in [-0.05, 0) is 60.6 Å². The van der Waals surface area contributed by atoms with Crippen LogP contribution in [0.25, 0.3) is 0 Å². The van der Waals surface area contributed by atoms with E-state index >= 15 is 0 Å². The maximum atomic E-state index is 5.89. The Labute approximate surface area is 153 Å². The average Bonchev–Trinajstić information content (AvgIpc) is 2.61. The Kier molecular flexibility index (Phi) is 6.70. The van der Waals surface area contributed by atoms with Gasteiger partial charge in [-0.3, -0.25) is 0 Å². The van der Waals surface area contributed by atoms with Crippen LogP contribution in [-0.2, 0) is 0 Å². The molecule has 128 valence electrons. The first-order valence-electron chi connectivity index (χ1n) is 7.62. The van der Waals surface area contributed by atoms with E-state index in [0.29, 0.717) is 21.6 Å². The third-order valence-electron chi connectivity index (χ3n) is 3.63. The molecule has 2 rings (SSSR count). The van der Waals surface area contributed by atoms with Gasteiger partial charge >= 0.3 is 0 Å². The Morgan fingerprint density at radius 3 is 2.33 bits per heavy atom. The summed E-state index contributed by atoms with van der Waals surface area (Å²) in [5.74, 6) is 1.41. The second-order valence-corrected chi connectivity index (χ2v) is 6.03. The van der Waals surface area contributed by atoms with Gasteiger partial charge < -0.3 is 20.1 Å². The molecule has 0 aliphatic heterocycles. The monoisotopic (exact) mass is 364 g/mol. The van der Waals surface area contributed by atoms with Crippen molar-refractivity contribution in [2.45, 2.75) is 19.4 Å². The summed E-state index contributed by atoms with van der Waals surface area (Å²) in [5.41, 5.74) is 1.97. The number of halogens is 1. The molecule has 0 heterocycles. The second kappa shape index (κ2) is 8.76. The molecule has 0 saturated heterocycles. The van der Waals surface area contributed by atoms with Gasteiger partial charge in [-0.15, -0.1) is 0 Å². The smallest absolute Gasteiger partial charge is 0.171 e. The molecule has 0 spiro atoms. The summed E-state index contributed by atoms with van der Waals surface area (Å²) in [6, 6.07) is 13.3. The van der Waals surface area contributed by atoms with Crippen molar-refractivity contribution in [3.8, 4) is 11.5 Å². The van der Waals surface area contributed by atoms with Gasteiger partial charge in [0.1, 0.15) is 0 Å². The minimum atomic E-state index is 0.0668. The van der Waals surface area contributed by atoms with Crippen molar-refractivity contribution < 1.29 is 9.47 Å². The highest BCUT2D eigenvalue weighted by Gasteiger charge is 2.14. The summed E-state index contributed by atoms with van der Waals surface area (Å²) in [7, 11) is 3.25. The highest BCUT2D eigenvalue weighted by Crippen LogP contribution is 2.30. The normalized spacial score (nSPS) is 11.5. The molecule has 6 heteroatoms. The zero-order valence-electron chi connectivity index (χ0n) is 13.9. The van der Waals surface area contributed by atoms with E-state index in [1.54, 1.807) is 14.2 Å². The molecule has 2 aromatic carbocycles. The molecular formula is C18H21ClN2O2S. The van der Waals surface area contributed by atoms with Gasteiger partial charge in [0, 0.05) is 10.7 Å². The summed E-state index contributed by atoms with van der Waals surface area (Å²) in [6.07, 6.45) is 0.873. The van der Waals surface area contributed by atoms with E-state index < -0.39 is 0 Å². The van der Waals surface area contributed by atoms with Crippen LogP contribution in [0.2, 0.25) is 5.02 Å². The van der Waals surface area contributed by atoms with Crippen molar-refractivity contribution in [3.63, 3.8) is 0 Å². The summed E-state index contributed by atoms with van der Waals surface area (Å²) >= 11 is 11.3. The number of methoxy groups -OCH3 is 2. The molecule has 2 aromatic rings. The number of hydrogen-bond acceptors (Lipinski definition) is 3. The van der Waals surface area contributed by atoms with Gasteiger partial charge in [-0.1, -0.05) is 24.6 Å². The van der Waals surface area contributed by atoms with Crippen molar-refractivity contribution in [1.29, 1.82) is 0 Å². The maximum absolute atomic E-state index is 5.89. The van der Waals surface area contributed by atoms with Crippen LogP contribution in [-0.4, -0.2) is 19.3 Å². The summed E-state index contributed by atoms with van der Waals surface area (Å²) < 4.78 is 10.6. The number of nitrogens with one attached hydrogen (secondary N) is 2. The predicted octanol–water partition coefficient (Wildman–Crippen LogP) is 4.79. The van der Waals surface area contributed by atoms with Crippen LogP contribution in [0.3, 0.4) is 0 Å². The van der Waals surface area contributed by atoms with Gasteiger partial charge in [0.05, 0.1) is 20.3 Å². The largest absolute Gasteiger partial charge is 0.493 e. The fourth-order valence-electron chi connectivity index (χ4n) is 2.35. The minimum Gasteiger partial charge on any atom is -0.493 e. The molecule has 0 unspecified atom stereocenters. The van der Waals surface area contributed by atoms with Crippen LogP contribution >= 0.6 is 23.8 Å². The zero-order valence-corrected chi connectivity index (χ0v) is 15.5. The van der Waals surface area contributed by atoms with E-state index in [0.717, 1.165) is 17.7 Å². The molecule has 1 atom stereocenters. The highest BCUT2D eigenvalue weighted by atomic mass is 35.5. The quantitative estimate of drug-likeness (QED) is 0.721. The van der Waals surface area contributed by atoms with Crippen molar-refractivity contribution in [2.75, 3.05) is 19.5 Å². The molecule has 0 amide bonds. The van der Waals surface area contributed by atoms with E-state index in [9.17, 15) is 0 Å². The molecule has 4 nitrogen and oxygen atoms in total. The number of thiocarbonyl (C=S) groups is 1. The van der Waals surface area contributed by atoms with E-state index in [1.165, 1.54) is 0 Å². The van der Waals surface area contributed by atoms with Crippen LogP contribution in [0.1, 0.15) is 24.9 Å².